The molecule has 0 aliphatic carbocycles. The zero-order valence-electron chi connectivity index (χ0n) is 25.8. The van der Waals surface area contributed by atoms with Crippen LogP contribution in [0.15, 0.2) is 72.9 Å². The molecule has 6 rings (SSSR count). The van der Waals surface area contributed by atoms with Gasteiger partial charge in [0.25, 0.3) is 5.91 Å². The number of carbonyl (C=O) groups excluding carboxylic acids is 1. The summed E-state index contributed by atoms with van der Waals surface area (Å²) < 4.78 is 26.2. The van der Waals surface area contributed by atoms with Crippen molar-refractivity contribution in [2.45, 2.75) is 38.9 Å². The van der Waals surface area contributed by atoms with Gasteiger partial charge in [0.15, 0.2) is 0 Å². The maximum absolute atomic E-state index is 13.8. The average Bonchev–Trinajstić information content (AvgIpc) is 3.69. The molecule has 4 aromatic carbocycles. The van der Waals surface area contributed by atoms with E-state index in [0.717, 1.165) is 59.0 Å². The maximum atomic E-state index is 13.8. The molecule has 1 aliphatic rings. The minimum atomic E-state index is -0.522. The molecule has 1 aliphatic heterocycles. The number of ether oxygens (including phenoxy) is 2. The molecule has 1 amide bonds. The van der Waals surface area contributed by atoms with E-state index >= 15 is 0 Å². The molecule has 234 valence electrons. The van der Waals surface area contributed by atoms with Gasteiger partial charge < -0.3 is 19.7 Å². The van der Waals surface area contributed by atoms with Crippen LogP contribution in [0.4, 0.5) is 10.1 Å². The molecule has 1 fully saturated rings. The van der Waals surface area contributed by atoms with Gasteiger partial charge in [0.1, 0.15) is 28.9 Å². The Kier molecular flexibility index (Phi) is 8.82. The van der Waals surface area contributed by atoms with E-state index in [4.69, 9.17) is 26.2 Å². The molecule has 0 radical (unpaired) electrons. The summed E-state index contributed by atoms with van der Waals surface area (Å²) in [6.07, 6.45) is 4.08. The van der Waals surface area contributed by atoms with Crippen LogP contribution in [0.3, 0.4) is 0 Å². The van der Waals surface area contributed by atoms with Gasteiger partial charge in [-0.3, -0.25) is 9.48 Å². The van der Waals surface area contributed by atoms with Crippen molar-refractivity contribution in [3.63, 3.8) is 0 Å². The number of benzene rings is 4. The number of anilines is 1. The first-order chi connectivity index (χ1) is 22.3. The third-order valence-corrected chi connectivity index (χ3v) is 8.86. The largest absolute Gasteiger partial charge is 0.497 e. The Balaban J connectivity index is 1.35. The van der Waals surface area contributed by atoms with Crippen molar-refractivity contribution < 1.29 is 18.7 Å². The van der Waals surface area contributed by atoms with E-state index in [9.17, 15) is 14.4 Å². The van der Waals surface area contributed by atoms with Gasteiger partial charge in [-0.15, -0.1) is 0 Å². The van der Waals surface area contributed by atoms with Crippen LogP contribution in [0, 0.1) is 17.1 Å². The van der Waals surface area contributed by atoms with Gasteiger partial charge in [0, 0.05) is 36.3 Å². The fraction of sp³-hybridized carbons (Fsp3) is 0.250. The molecule has 10 heteroatoms. The number of amides is 1. The molecule has 5 aromatic rings. The molecule has 1 atom stereocenters. The fourth-order valence-electron chi connectivity index (χ4n) is 6.09. The molecule has 0 bridgehead atoms. The number of rotatable bonds is 9. The number of carbonyl (C=O) groups is 1. The highest BCUT2D eigenvalue weighted by molar-refractivity contribution is 6.38. The summed E-state index contributed by atoms with van der Waals surface area (Å²) in [6.45, 7) is 3.79. The van der Waals surface area contributed by atoms with Gasteiger partial charge >= 0.3 is 0 Å². The highest BCUT2D eigenvalue weighted by Gasteiger charge is 2.30. The van der Waals surface area contributed by atoms with Crippen molar-refractivity contribution in [1.82, 2.24) is 15.1 Å². The van der Waals surface area contributed by atoms with Crippen LogP contribution < -0.4 is 19.7 Å². The zero-order valence-corrected chi connectivity index (χ0v) is 26.6. The quantitative estimate of drug-likeness (QED) is 0.182. The lowest BCUT2D eigenvalue weighted by molar-refractivity contribution is 0.0947. The second-order valence-electron chi connectivity index (χ2n) is 11.4. The van der Waals surface area contributed by atoms with Gasteiger partial charge in [-0.05, 0) is 66.8 Å². The SMILES string of the molecule is COc1ccc(Cn2cc3c(N4CCC[C@H]4C)c(Cl)c(-c4ccc(CNC(=O)c5cc(F)ccc5OC)cc4)c(C#N)c3n2)cc1. The van der Waals surface area contributed by atoms with Gasteiger partial charge in [0.2, 0.25) is 0 Å². The number of hydrogen-bond acceptors (Lipinski definition) is 6. The molecule has 1 aromatic heterocycles. The molecule has 2 heterocycles. The Bertz CT molecular complexity index is 1950. The van der Waals surface area contributed by atoms with E-state index in [1.807, 2.05) is 59.4 Å². The molecule has 1 saturated heterocycles. The minimum absolute atomic E-state index is 0.118. The highest BCUT2D eigenvalue weighted by Crippen LogP contribution is 2.46. The normalized spacial score (nSPS) is 14.3. The summed E-state index contributed by atoms with van der Waals surface area (Å²) in [7, 11) is 3.07. The second-order valence-corrected chi connectivity index (χ2v) is 11.7. The molecule has 46 heavy (non-hydrogen) atoms. The minimum Gasteiger partial charge on any atom is -0.497 e. The summed E-state index contributed by atoms with van der Waals surface area (Å²) in [5, 5.41) is 19.6. The van der Waals surface area contributed by atoms with Crippen LogP contribution >= 0.6 is 11.6 Å². The predicted molar refractivity (Wildman–Crippen MR) is 177 cm³/mol. The second kappa shape index (κ2) is 13.1. The Hall–Kier alpha value is -5.07. The van der Waals surface area contributed by atoms with Crippen molar-refractivity contribution in [3.8, 4) is 28.7 Å². The van der Waals surface area contributed by atoms with Crippen LogP contribution in [-0.2, 0) is 13.1 Å². The van der Waals surface area contributed by atoms with E-state index in [1.54, 1.807) is 7.11 Å². The summed E-state index contributed by atoms with van der Waals surface area (Å²) in [5.74, 6) is 0.0990. The standard InChI is InChI=1S/C36H33ClFN5O3/c1-22-5-4-16-43(22)35-30-21-42(20-24-8-13-27(45-2)14-9-24)41-34(30)29(18-39)32(33(35)37)25-10-6-23(7-11-25)19-40-36(44)28-17-26(38)12-15-31(28)46-3/h6-15,17,21-22H,4-5,16,19-20H2,1-3H3,(H,40,44)/t22-/m1/s1. The smallest absolute Gasteiger partial charge is 0.255 e. The van der Waals surface area contributed by atoms with Crippen molar-refractivity contribution in [3.05, 3.63) is 106 Å². The third-order valence-electron chi connectivity index (χ3n) is 8.49. The summed E-state index contributed by atoms with van der Waals surface area (Å²) in [6, 6.07) is 21.9. The number of fused-ring (bicyclic) bond motifs is 1. The van der Waals surface area contributed by atoms with E-state index in [1.165, 1.54) is 19.2 Å². The van der Waals surface area contributed by atoms with Gasteiger partial charge in [-0.2, -0.15) is 10.4 Å². The number of nitriles is 1. The number of halogens is 2. The molecule has 0 saturated carbocycles. The molecule has 0 unspecified atom stereocenters. The Morgan fingerprint density at radius 2 is 1.83 bits per heavy atom. The molecular weight excluding hydrogens is 605 g/mol. The molecule has 8 nitrogen and oxygen atoms in total. The van der Waals surface area contributed by atoms with E-state index in [-0.39, 0.29) is 23.9 Å². The van der Waals surface area contributed by atoms with Crippen molar-refractivity contribution in [2.24, 2.45) is 0 Å². The first-order valence-electron chi connectivity index (χ1n) is 15.0. The van der Waals surface area contributed by atoms with Crippen LogP contribution in [0.25, 0.3) is 22.0 Å². The molecule has 1 N–H and O–H groups in total. The topological polar surface area (TPSA) is 92.4 Å². The summed E-state index contributed by atoms with van der Waals surface area (Å²) in [4.78, 5) is 15.1. The molecular formula is C36H33ClFN5O3. The van der Waals surface area contributed by atoms with Crippen LogP contribution in [0.1, 0.15) is 46.8 Å². The Morgan fingerprint density at radius 3 is 2.48 bits per heavy atom. The number of hydrogen-bond donors (Lipinski definition) is 1. The lowest BCUT2D eigenvalue weighted by atomic mass is 9.95. The van der Waals surface area contributed by atoms with E-state index in [2.05, 4.69) is 23.2 Å². The van der Waals surface area contributed by atoms with Gasteiger partial charge in [-0.1, -0.05) is 48.0 Å². The number of methoxy groups -OCH3 is 2. The first kappa shape index (κ1) is 30.9. The monoisotopic (exact) mass is 637 g/mol. The van der Waals surface area contributed by atoms with Crippen molar-refractivity contribution >= 4 is 34.1 Å². The van der Waals surface area contributed by atoms with Crippen LogP contribution in [0.5, 0.6) is 11.5 Å². The van der Waals surface area contributed by atoms with Crippen molar-refractivity contribution in [1.29, 1.82) is 5.26 Å². The lowest BCUT2D eigenvalue weighted by Gasteiger charge is -2.27. The van der Waals surface area contributed by atoms with Crippen LogP contribution in [-0.4, -0.2) is 42.5 Å². The third kappa shape index (κ3) is 5.96. The molecule has 0 spiro atoms. The zero-order chi connectivity index (χ0) is 32.4. The lowest BCUT2D eigenvalue weighted by Crippen LogP contribution is -2.27. The van der Waals surface area contributed by atoms with Gasteiger partial charge in [0.05, 0.1) is 42.6 Å². The fourth-order valence-corrected chi connectivity index (χ4v) is 6.51. The first-order valence-corrected chi connectivity index (χ1v) is 15.4. The number of aromatic nitrogens is 2. The van der Waals surface area contributed by atoms with Crippen LogP contribution in [0.2, 0.25) is 5.02 Å². The number of nitrogens with one attached hydrogen (secondary N) is 1. The number of nitrogens with zero attached hydrogens (tertiary/aromatic N) is 4. The Labute approximate surface area is 271 Å². The predicted octanol–water partition coefficient (Wildman–Crippen LogP) is 7.35. The Morgan fingerprint density at radius 1 is 1.09 bits per heavy atom. The summed E-state index contributed by atoms with van der Waals surface area (Å²) >= 11 is 7.26. The highest BCUT2D eigenvalue weighted by atomic mass is 35.5. The van der Waals surface area contributed by atoms with E-state index < -0.39 is 11.7 Å². The summed E-state index contributed by atoms with van der Waals surface area (Å²) in [5.41, 5.74) is 5.27. The van der Waals surface area contributed by atoms with Crippen molar-refractivity contribution in [2.75, 3.05) is 25.7 Å². The van der Waals surface area contributed by atoms with Gasteiger partial charge in [-0.25, -0.2) is 4.39 Å². The van der Waals surface area contributed by atoms with E-state index in [0.29, 0.717) is 28.2 Å². The maximum Gasteiger partial charge on any atom is 0.255 e. The average molecular weight is 638 g/mol.